The summed E-state index contributed by atoms with van der Waals surface area (Å²) in [4.78, 5) is 26.2. The topological polar surface area (TPSA) is 73.3 Å². The van der Waals surface area contributed by atoms with Crippen LogP contribution in [0.1, 0.15) is 77.0 Å². The van der Waals surface area contributed by atoms with Gasteiger partial charge in [0, 0.05) is 19.9 Å². The number of Topliss-reactive ketones (excluding diaryl/α,β-unsaturated/α-hetero) is 1. The molecule has 1 heterocycles. The van der Waals surface area contributed by atoms with E-state index in [9.17, 15) is 9.59 Å². The first-order valence-electron chi connectivity index (χ1n) is 9.67. The Hall–Kier alpha value is -1.39. The number of nitrogens with one attached hydrogen (secondary N) is 2. The Labute approximate surface area is 145 Å². The van der Waals surface area contributed by atoms with Crippen LogP contribution in [0.3, 0.4) is 0 Å². The van der Waals surface area contributed by atoms with Gasteiger partial charge in [0.05, 0.1) is 0 Å². The van der Waals surface area contributed by atoms with Crippen LogP contribution in [0.2, 0.25) is 0 Å². The van der Waals surface area contributed by atoms with Crippen LogP contribution in [0.25, 0.3) is 0 Å². The average Bonchev–Trinajstić information content (AvgIpc) is 2.78. The second-order valence-corrected chi connectivity index (χ2v) is 8.17. The molecule has 0 spiro atoms. The fraction of sp³-hybridized carbons (Fsp3) is 0.842. The summed E-state index contributed by atoms with van der Waals surface area (Å²) >= 11 is 0. The first-order chi connectivity index (χ1) is 11.5. The molecule has 0 aromatic heterocycles. The quantitative estimate of drug-likeness (QED) is 0.811. The minimum Gasteiger partial charge on any atom is -0.342 e. The lowest BCUT2D eigenvalue weighted by Gasteiger charge is -2.34. The molecule has 0 aromatic carbocycles. The van der Waals surface area contributed by atoms with Crippen LogP contribution in [0.5, 0.6) is 0 Å². The predicted octanol–water partition coefficient (Wildman–Crippen LogP) is 3.23. The van der Waals surface area contributed by atoms with Gasteiger partial charge in [-0.15, -0.1) is 0 Å². The van der Waals surface area contributed by atoms with Crippen molar-refractivity contribution >= 4 is 17.6 Å². The van der Waals surface area contributed by atoms with Crippen LogP contribution in [-0.4, -0.2) is 35.1 Å². The first-order valence-corrected chi connectivity index (χ1v) is 9.67. The van der Waals surface area contributed by atoms with Gasteiger partial charge in [-0.05, 0) is 43.9 Å². The molecule has 2 atom stereocenters. The lowest BCUT2D eigenvalue weighted by atomic mass is 9.75. The Morgan fingerprint density at radius 3 is 2.46 bits per heavy atom. The monoisotopic (exact) mass is 333 g/mol. The van der Waals surface area contributed by atoms with E-state index < -0.39 is 5.54 Å². The highest BCUT2D eigenvalue weighted by Crippen LogP contribution is 2.37. The van der Waals surface area contributed by atoms with Crippen LogP contribution in [0.4, 0.5) is 0 Å². The Bertz CT molecular complexity index is 513. The number of hydrogen-bond acceptors (Lipinski definition) is 3. The van der Waals surface area contributed by atoms with E-state index in [1.165, 1.54) is 37.0 Å². The molecule has 0 bridgehead atoms. The molecule has 1 amide bonds. The smallest absolute Gasteiger partial charge is 0.254 e. The van der Waals surface area contributed by atoms with Gasteiger partial charge in [0.25, 0.3) is 5.91 Å². The third kappa shape index (κ3) is 3.65. The number of carbonyl (C=O) groups excluding carboxylic acids is 2. The summed E-state index contributed by atoms with van der Waals surface area (Å²) in [7, 11) is 1.69. The van der Waals surface area contributed by atoms with Gasteiger partial charge >= 0.3 is 0 Å². The number of amides is 1. The minimum atomic E-state index is -0.647. The lowest BCUT2D eigenvalue weighted by molar-refractivity contribution is -0.132. The Kier molecular flexibility index (Phi) is 5.26. The molecule has 2 aliphatic carbocycles. The van der Waals surface area contributed by atoms with E-state index in [1.807, 2.05) is 0 Å². The van der Waals surface area contributed by atoms with Crippen molar-refractivity contribution in [2.24, 2.45) is 11.8 Å². The number of nitrogens with zero attached hydrogens (tertiary/aromatic N) is 1. The van der Waals surface area contributed by atoms with Crippen molar-refractivity contribution in [2.75, 3.05) is 7.05 Å². The standard InChI is InChI=1S/C19H31N3O2/c1-22-17(24)19(21-18(22)20,11-10-14-6-3-2-4-7-14)13-15-8-5-9-16(23)12-15/h14-15H,2-13H2,1H3,(H2,20,21)/t15-,19-/m1/s1. The van der Waals surface area contributed by atoms with Crippen molar-refractivity contribution in [1.29, 1.82) is 5.41 Å². The van der Waals surface area contributed by atoms with Crippen LogP contribution in [0, 0.1) is 17.2 Å². The second-order valence-electron chi connectivity index (χ2n) is 8.17. The Balaban J connectivity index is 1.70. The summed E-state index contributed by atoms with van der Waals surface area (Å²) in [6, 6.07) is 0. The van der Waals surface area contributed by atoms with Crippen molar-refractivity contribution in [1.82, 2.24) is 10.2 Å². The third-order valence-corrected chi connectivity index (χ3v) is 6.33. The minimum absolute atomic E-state index is 0.0290. The molecule has 1 saturated heterocycles. The largest absolute Gasteiger partial charge is 0.342 e. The van der Waals surface area contributed by atoms with E-state index in [2.05, 4.69) is 5.32 Å². The molecule has 24 heavy (non-hydrogen) atoms. The maximum absolute atomic E-state index is 12.9. The summed E-state index contributed by atoms with van der Waals surface area (Å²) in [5.74, 6) is 1.58. The molecule has 2 saturated carbocycles. The highest BCUT2D eigenvalue weighted by Gasteiger charge is 2.49. The molecule has 3 aliphatic rings. The molecular weight excluding hydrogens is 302 g/mol. The molecule has 1 aliphatic heterocycles. The fourth-order valence-electron chi connectivity index (χ4n) is 4.90. The van der Waals surface area contributed by atoms with Crippen molar-refractivity contribution in [3.8, 4) is 0 Å². The average molecular weight is 333 g/mol. The molecule has 0 unspecified atom stereocenters. The van der Waals surface area contributed by atoms with E-state index in [0.29, 0.717) is 25.0 Å². The normalized spacial score (nSPS) is 32.3. The van der Waals surface area contributed by atoms with Gasteiger partial charge in [-0.25, -0.2) is 0 Å². The molecular formula is C19H31N3O2. The third-order valence-electron chi connectivity index (χ3n) is 6.33. The predicted molar refractivity (Wildman–Crippen MR) is 93.8 cm³/mol. The zero-order valence-electron chi connectivity index (χ0n) is 14.9. The molecule has 134 valence electrons. The number of ketones is 1. The number of carbonyl (C=O) groups is 2. The zero-order chi connectivity index (χ0) is 17.2. The Morgan fingerprint density at radius 2 is 1.83 bits per heavy atom. The number of rotatable bonds is 5. The molecule has 3 rings (SSSR count). The summed E-state index contributed by atoms with van der Waals surface area (Å²) in [6.07, 6.45) is 12.4. The zero-order valence-corrected chi connectivity index (χ0v) is 14.9. The van der Waals surface area contributed by atoms with Crippen molar-refractivity contribution in [3.05, 3.63) is 0 Å². The second kappa shape index (κ2) is 7.24. The fourth-order valence-corrected chi connectivity index (χ4v) is 4.90. The van der Waals surface area contributed by atoms with Crippen LogP contribution < -0.4 is 5.32 Å². The van der Waals surface area contributed by atoms with Crippen LogP contribution >= 0.6 is 0 Å². The number of likely N-dealkylation sites (N-methyl/N-ethyl adjacent to an activating group) is 1. The number of guanidine groups is 1. The van der Waals surface area contributed by atoms with E-state index in [-0.39, 0.29) is 17.8 Å². The highest BCUT2D eigenvalue weighted by molar-refractivity contribution is 6.07. The van der Waals surface area contributed by atoms with E-state index >= 15 is 0 Å². The number of hydrogen-bond donors (Lipinski definition) is 2. The van der Waals surface area contributed by atoms with Crippen molar-refractivity contribution in [2.45, 2.75) is 82.6 Å². The molecule has 0 radical (unpaired) electrons. The maximum Gasteiger partial charge on any atom is 0.254 e. The van der Waals surface area contributed by atoms with Gasteiger partial charge in [-0.1, -0.05) is 32.1 Å². The molecule has 3 fully saturated rings. The summed E-state index contributed by atoms with van der Waals surface area (Å²) < 4.78 is 0. The van der Waals surface area contributed by atoms with Crippen LogP contribution in [-0.2, 0) is 9.59 Å². The van der Waals surface area contributed by atoms with E-state index in [4.69, 9.17) is 5.41 Å². The highest BCUT2D eigenvalue weighted by atomic mass is 16.2. The van der Waals surface area contributed by atoms with Gasteiger partial charge in [0.2, 0.25) is 0 Å². The van der Waals surface area contributed by atoms with Crippen LogP contribution in [0.15, 0.2) is 0 Å². The maximum atomic E-state index is 12.9. The first kappa shape index (κ1) is 17.4. The van der Waals surface area contributed by atoms with Gasteiger partial charge in [-0.3, -0.25) is 19.9 Å². The van der Waals surface area contributed by atoms with Gasteiger partial charge in [0.1, 0.15) is 11.3 Å². The summed E-state index contributed by atoms with van der Waals surface area (Å²) in [5, 5.41) is 11.3. The summed E-state index contributed by atoms with van der Waals surface area (Å²) in [5.41, 5.74) is -0.647. The van der Waals surface area contributed by atoms with E-state index in [1.54, 1.807) is 7.05 Å². The lowest BCUT2D eigenvalue weighted by Crippen LogP contribution is -2.49. The SMILES string of the molecule is CN1C(=N)N[C@](CCC2CCCCC2)(C[C@@H]2CCCC(=O)C2)C1=O. The van der Waals surface area contributed by atoms with Crippen molar-refractivity contribution in [3.63, 3.8) is 0 Å². The van der Waals surface area contributed by atoms with Gasteiger partial charge < -0.3 is 5.32 Å². The van der Waals surface area contributed by atoms with Crippen molar-refractivity contribution < 1.29 is 9.59 Å². The summed E-state index contributed by atoms with van der Waals surface area (Å²) in [6.45, 7) is 0. The van der Waals surface area contributed by atoms with E-state index in [0.717, 1.165) is 31.6 Å². The Morgan fingerprint density at radius 1 is 1.12 bits per heavy atom. The molecule has 2 N–H and O–H groups in total. The molecule has 5 heteroatoms. The molecule has 0 aromatic rings. The van der Waals surface area contributed by atoms with Gasteiger partial charge in [-0.2, -0.15) is 0 Å². The molecule has 5 nitrogen and oxygen atoms in total. The van der Waals surface area contributed by atoms with Gasteiger partial charge in [0.15, 0.2) is 5.96 Å².